The highest BCUT2D eigenvalue weighted by molar-refractivity contribution is 7.26. The Kier molecular flexibility index (Phi) is 9.70. The third-order valence-electron chi connectivity index (χ3n) is 11.1. The van der Waals surface area contributed by atoms with Crippen LogP contribution in [0.2, 0.25) is 0 Å². The van der Waals surface area contributed by atoms with Gasteiger partial charge < -0.3 is 0 Å². The van der Waals surface area contributed by atoms with Gasteiger partial charge in [0.1, 0.15) is 39.2 Å². The first kappa shape index (κ1) is 37.6. The summed E-state index contributed by atoms with van der Waals surface area (Å²) < 4.78 is 2.36. The molecule has 0 aliphatic rings. The van der Waals surface area contributed by atoms with Crippen LogP contribution in [-0.2, 0) is 0 Å². The van der Waals surface area contributed by atoms with E-state index in [9.17, 15) is 0 Å². The molecule has 0 spiro atoms. The topological polar surface area (TPSA) is 38.7 Å². The van der Waals surface area contributed by atoms with Gasteiger partial charge in [-0.3, -0.25) is 0 Å². The predicted octanol–water partition coefficient (Wildman–Crippen LogP) is 7.88. The van der Waals surface area contributed by atoms with Crippen LogP contribution in [0.5, 0.6) is 0 Å². The minimum atomic E-state index is 0.202. The first-order valence-corrected chi connectivity index (χ1v) is 20.3. The molecule has 9 heteroatoms. The molecular weight excluding hydrogens is 741 g/mol. The maximum absolute atomic E-state index is 6.33. The molecule has 0 saturated carbocycles. The van der Waals surface area contributed by atoms with Gasteiger partial charge in [0.2, 0.25) is 0 Å². The summed E-state index contributed by atoms with van der Waals surface area (Å²) in [6.45, 7) is 0. The molecule has 8 aromatic carbocycles. The second kappa shape index (κ2) is 15.5. The van der Waals surface area contributed by atoms with Gasteiger partial charge in [0.15, 0.2) is 17.5 Å². The summed E-state index contributed by atoms with van der Waals surface area (Å²) in [6, 6.07) is 58.5. The van der Waals surface area contributed by atoms with Crippen molar-refractivity contribution in [3.05, 3.63) is 170 Å². The summed E-state index contributed by atoms with van der Waals surface area (Å²) >= 11 is 1.77. The molecule has 0 unspecified atom stereocenters. The first-order valence-electron chi connectivity index (χ1n) is 19.5. The van der Waals surface area contributed by atoms with Gasteiger partial charge in [-0.25, -0.2) is 15.0 Å². The summed E-state index contributed by atoms with van der Waals surface area (Å²) in [5, 5.41) is 2.27. The van der Waals surface area contributed by atoms with Crippen LogP contribution < -0.4 is 27.3 Å². The quantitative estimate of drug-likeness (QED) is 0.155. The average molecular weight is 769 g/mol. The van der Waals surface area contributed by atoms with Crippen molar-refractivity contribution in [2.45, 2.75) is 0 Å². The van der Waals surface area contributed by atoms with Crippen LogP contribution in [0.25, 0.3) is 98.8 Å². The van der Waals surface area contributed by atoms with E-state index >= 15 is 0 Å². The van der Waals surface area contributed by atoms with Crippen molar-refractivity contribution in [1.29, 1.82) is 0 Å². The molecule has 0 fully saturated rings. The van der Waals surface area contributed by atoms with E-state index < -0.39 is 0 Å². The van der Waals surface area contributed by atoms with Crippen molar-refractivity contribution < 1.29 is 0 Å². The molecule has 0 saturated heterocycles. The van der Waals surface area contributed by atoms with Crippen LogP contribution in [0, 0.1) is 0 Å². The van der Waals surface area contributed by atoms with Crippen LogP contribution in [0.15, 0.2) is 170 Å². The number of nitrogens with zero attached hydrogens (tertiary/aromatic N) is 3. The molecule has 10 rings (SSSR count). The monoisotopic (exact) mass is 769 g/mol. The van der Waals surface area contributed by atoms with Crippen molar-refractivity contribution in [2.24, 2.45) is 0 Å². The lowest BCUT2D eigenvalue weighted by Crippen LogP contribution is -2.55. The zero-order valence-corrected chi connectivity index (χ0v) is 33.1. The normalized spacial score (nSPS) is 11.3. The highest BCUT2D eigenvalue weighted by Crippen LogP contribution is 2.42. The van der Waals surface area contributed by atoms with Gasteiger partial charge in [-0.05, 0) is 68.8 Å². The molecule has 268 valence electrons. The lowest BCUT2D eigenvalue weighted by Gasteiger charge is -2.21. The highest BCUT2D eigenvalue weighted by atomic mass is 32.1. The lowest BCUT2D eigenvalue weighted by molar-refractivity contribution is 1.08. The van der Waals surface area contributed by atoms with Gasteiger partial charge in [0.25, 0.3) is 0 Å². The van der Waals surface area contributed by atoms with Crippen LogP contribution in [0.4, 0.5) is 0 Å². The molecule has 10 radical (unpaired) electrons. The van der Waals surface area contributed by atoms with Crippen LogP contribution in [0.3, 0.4) is 0 Å². The van der Waals surface area contributed by atoms with Gasteiger partial charge in [0, 0.05) is 36.9 Å². The van der Waals surface area contributed by atoms with Crippen molar-refractivity contribution >= 4 is 98.1 Å². The Morgan fingerprint density at radius 2 is 0.767 bits per heavy atom. The Bertz CT molecular complexity index is 3210. The SMILES string of the molecule is [B]c1c([B])c([B])c(-c2ccc(-c3ccc(-c4ccc5sc6cccc(-c7nc(-c8ccccc8)nc(-c8cccc(-c9ccccc9)c8)n7)c6c5c4)cc3)cc2)c([B])c1[B]. The predicted molar refractivity (Wildman–Crippen MR) is 258 cm³/mol. The van der Waals surface area contributed by atoms with E-state index in [2.05, 4.69) is 109 Å². The molecule has 0 amide bonds. The molecule has 2 aromatic heterocycles. The fourth-order valence-corrected chi connectivity index (χ4v) is 8.96. The summed E-state index contributed by atoms with van der Waals surface area (Å²) in [6.07, 6.45) is 0. The van der Waals surface area contributed by atoms with Crippen LogP contribution in [0.1, 0.15) is 0 Å². The third kappa shape index (κ3) is 6.79. The molecule has 3 nitrogen and oxygen atoms in total. The first-order chi connectivity index (χ1) is 29.3. The van der Waals surface area contributed by atoms with E-state index in [-0.39, 0.29) is 16.4 Å². The summed E-state index contributed by atoms with van der Waals surface area (Å²) in [5.41, 5.74) is 12.1. The van der Waals surface area contributed by atoms with Gasteiger partial charge in [-0.15, -0.1) is 27.7 Å². The molecule has 0 N–H and O–H groups in total. The summed E-state index contributed by atoms with van der Waals surface area (Å²) in [5.74, 6) is 1.88. The standard InChI is InChI=1S/C51H28B5N3S/c52-44-42(45(53)47(55)48(56)46(44)54)33-23-21-31(22-24-33)30-17-19-32(20-18-30)36-25-26-40-39(28-36)43-38(15-8-16-41(43)60-40)51-58-49(34-11-5-2-6-12-34)57-50(59-51)37-14-7-13-35(27-37)29-9-3-1-4-10-29/h1-28H. The summed E-state index contributed by atoms with van der Waals surface area (Å²) in [4.78, 5) is 15.4. The van der Waals surface area contributed by atoms with Crippen LogP contribution >= 0.6 is 11.3 Å². The van der Waals surface area contributed by atoms with Gasteiger partial charge in [0.05, 0.1) is 0 Å². The van der Waals surface area contributed by atoms with E-state index in [1.807, 2.05) is 60.7 Å². The molecule has 60 heavy (non-hydrogen) atoms. The second-order valence-electron chi connectivity index (χ2n) is 14.7. The highest BCUT2D eigenvalue weighted by Gasteiger charge is 2.18. The zero-order valence-electron chi connectivity index (χ0n) is 32.3. The number of benzene rings is 8. The minimum Gasteiger partial charge on any atom is -0.208 e. The fourth-order valence-electron chi connectivity index (χ4n) is 7.85. The van der Waals surface area contributed by atoms with Crippen LogP contribution in [-0.4, -0.2) is 54.2 Å². The average Bonchev–Trinajstić information content (AvgIpc) is 3.69. The van der Waals surface area contributed by atoms with E-state index in [1.54, 1.807) is 11.3 Å². The van der Waals surface area contributed by atoms with E-state index in [1.165, 1.54) is 9.40 Å². The van der Waals surface area contributed by atoms with E-state index in [4.69, 9.17) is 54.2 Å². The van der Waals surface area contributed by atoms with Gasteiger partial charge in [-0.1, -0.05) is 157 Å². The Balaban J connectivity index is 1.02. The molecule has 0 atom stereocenters. The van der Waals surface area contributed by atoms with Crippen molar-refractivity contribution in [1.82, 2.24) is 15.0 Å². The Morgan fingerprint density at radius 1 is 0.317 bits per heavy atom. The minimum absolute atomic E-state index is 0.202. The second-order valence-corrected chi connectivity index (χ2v) is 15.8. The molecule has 10 aromatic rings. The van der Waals surface area contributed by atoms with Gasteiger partial charge >= 0.3 is 0 Å². The molecule has 0 aliphatic heterocycles. The Labute approximate surface area is 359 Å². The maximum Gasteiger partial charge on any atom is 0.164 e. The van der Waals surface area contributed by atoms with Crippen molar-refractivity contribution in [3.8, 4) is 78.7 Å². The fraction of sp³-hybridized carbons (Fsp3) is 0. The Hall–Kier alpha value is -6.69. The van der Waals surface area contributed by atoms with Crippen molar-refractivity contribution in [3.63, 3.8) is 0 Å². The third-order valence-corrected chi connectivity index (χ3v) is 12.2. The number of hydrogen-bond donors (Lipinski definition) is 0. The lowest BCUT2D eigenvalue weighted by atomic mass is 9.59. The number of thiophene rings is 1. The largest absolute Gasteiger partial charge is 0.208 e. The molecule has 2 heterocycles. The van der Waals surface area contributed by atoms with E-state index in [0.29, 0.717) is 34.0 Å². The zero-order chi connectivity index (χ0) is 40.9. The number of fused-ring (bicyclic) bond motifs is 3. The van der Waals surface area contributed by atoms with Crippen molar-refractivity contribution in [2.75, 3.05) is 0 Å². The summed E-state index contributed by atoms with van der Waals surface area (Å²) in [7, 11) is 30.9. The molecular formula is C51H28B5N3S. The molecule has 0 bridgehead atoms. The smallest absolute Gasteiger partial charge is 0.164 e. The van der Waals surface area contributed by atoms with E-state index in [0.717, 1.165) is 66.4 Å². The molecule has 0 aliphatic carbocycles. The number of aromatic nitrogens is 3. The van der Waals surface area contributed by atoms with Gasteiger partial charge in [-0.2, -0.15) is 0 Å². The maximum atomic E-state index is 6.33. The number of hydrogen-bond acceptors (Lipinski definition) is 4. The Morgan fingerprint density at radius 3 is 1.42 bits per heavy atom. The number of rotatable bonds is 7.